The van der Waals surface area contributed by atoms with Gasteiger partial charge in [0.05, 0.1) is 17.4 Å². The fourth-order valence-corrected chi connectivity index (χ4v) is 2.64. The summed E-state index contributed by atoms with van der Waals surface area (Å²) >= 11 is 0. The number of ether oxygens (including phenoxy) is 3. The highest BCUT2D eigenvalue weighted by Crippen LogP contribution is 2.26. The van der Waals surface area contributed by atoms with Crippen molar-refractivity contribution in [3.8, 4) is 0 Å². The number of rotatable bonds is 6. The number of nitrogens with zero attached hydrogens (tertiary/aromatic N) is 2. The van der Waals surface area contributed by atoms with E-state index in [0.29, 0.717) is 5.56 Å². The quantitative estimate of drug-likeness (QED) is 0.219. The number of amides is 2. The molecule has 1 atom stereocenters. The molecule has 1 aromatic rings. The van der Waals surface area contributed by atoms with Crippen LogP contribution in [0.3, 0.4) is 0 Å². The van der Waals surface area contributed by atoms with Crippen molar-refractivity contribution in [3.05, 3.63) is 46.0 Å². The monoisotopic (exact) mass is 467 g/mol. The van der Waals surface area contributed by atoms with Gasteiger partial charge in [-0.15, -0.1) is 5.01 Å². The second-order valence-corrected chi connectivity index (χ2v) is 9.62. The summed E-state index contributed by atoms with van der Waals surface area (Å²) in [6, 6.07) is 8.01. The lowest BCUT2D eigenvalue weighted by molar-refractivity contribution is -0.584. The zero-order valence-electron chi connectivity index (χ0n) is 20.3. The van der Waals surface area contributed by atoms with Gasteiger partial charge in [0.15, 0.2) is 0 Å². The van der Waals surface area contributed by atoms with Crippen molar-refractivity contribution in [3.63, 3.8) is 0 Å². The van der Waals surface area contributed by atoms with Crippen molar-refractivity contribution in [2.45, 2.75) is 84.8 Å². The van der Waals surface area contributed by atoms with Gasteiger partial charge in [-0.3, -0.25) is 10.1 Å². The standard InChI is InChI=1S/C22H33N3O8/c1-15(2)31-17(26)22(25(29)30,14-16-12-10-9-11-13-16)24(19(28)33-21(6,7)8)23-18(27)32-20(3,4)5/h9-13,15H,14H2,1-8H3,(H,23,27). The Bertz CT molecular complexity index is 859. The number of hydrazine groups is 1. The van der Waals surface area contributed by atoms with Crippen LogP contribution in [0.1, 0.15) is 61.0 Å². The summed E-state index contributed by atoms with van der Waals surface area (Å²) in [5, 5.41) is 12.7. The van der Waals surface area contributed by atoms with E-state index in [2.05, 4.69) is 0 Å². The molecule has 1 aromatic carbocycles. The van der Waals surface area contributed by atoms with Gasteiger partial charge < -0.3 is 14.2 Å². The normalized spacial score (nSPS) is 13.5. The summed E-state index contributed by atoms with van der Waals surface area (Å²) < 4.78 is 15.6. The zero-order valence-corrected chi connectivity index (χ0v) is 20.3. The van der Waals surface area contributed by atoms with Crippen LogP contribution in [0, 0.1) is 10.1 Å². The molecule has 0 aliphatic carbocycles. The third-order valence-corrected chi connectivity index (χ3v) is 3.81. The van der Waals surface area contributed by atoms with E-state index < -0.39 is 52.5 Å². The number of benzene rings is 1. The van der Waals surface area contributed by atoms with Gasteiger partial charge in [0.1, 0.15) is 11.2 Å². The summed E-state index contributed by atoms with van der Waals surface area (Å²) in [5.74, 6) is -1.35. The number of nitro groups is 1. The van der Waals surface area contributed by atoms with Crippen LogP contribution in [0.15, 0.2) is 30.3 Å². The molecule has 2 amide bonds. The zero-order chi connectivity index (χ0) is 25.6. The first-order chi connectivity index (χ1) is 15.0. The molecule has 11 nitrogen and oxygen atoms in total. The van der Waals surface area contributed by atoms with Gasteiger partial charge in [-0.2, -0.15) is 0 Å². The lowest BCUT2D eigenvalue weighted by atomic mass is 9.99. The van der Waals surface area contributed by atoms with E-state index in [1.54, 1.807) is 51.1 Å². The van der Waals surface area contributed by atoms with Crippen molar-refractivity contribution in [2.24, 2.45) is 0 Å². The van der Waals surface area contributed by atoms with Crippen LogP contribution >= 0.6 is 0 Å². The minimum Gasteiger partial charge on any atom is -0.456 e. The van der Waals surface area contributed by atoms with Crippen molar-refractivity contribution in [2.75, 3.05) is 0 Å². The minimum atomic E-state index is -2.88. The Labute approximate surface area is 193 Å². The molecule has 0 saturated heterocycles. The second-order valence-electron chi connectivity index (χ2n) is 9.62. The molecule has 11 heteroatoms. The van der Waals surface area contributed by atoms with E-state index in [1.165, 1.54) is 34.6 Å². The largest absolute Gasteiger partial charge is 0.456 e. The molecule has 0 spiro atoms. The lowest BCUT2D eigenvalue weighted by Crippen LogP contribution is -2.70. The Hall–Kier alpha value is -3.37. The van der Waals surface area contributed by atoms with E-state index in [-0.39, 0.29) is 5.01 Å². The molecule has 0 heterocycles. The van der Waals surface area contributed by atoms with Crippen LogP contribution < -0.4 is 5.43 Å². The van der Waals surface area contributed by atoms with E-state index in [0.717, 1.165) is 0 Å². The minimum absolute atomic E-state index is 0.240. The van der Waals surface area contributed by atoms with Gasteiger partial charge in [0, 0.05) is 0 Å². The maximum atomic E-state index is 13.2. The van der Waals surface area contributed by atoms with Crippen LogP contribution in [0.5, 0.6) is 0 Å². The molecule has 184 valence electrons. The molecule has 0 aromatic heterocycles. The Morgan fingerprint density at radius 2 is 1.52 bits per heavy atom. The van der Waals surface area contributed by atoms with Crippen molar-refractivity contribution in [1.29, 1.82) is 0 Å². The van der Waals surface area contributed by atoms with E-state index in [1.807, 2.05) is 5.43 Å². The number of hydrogen-bond donors (Lipinski definition) is 1. The summed E-state index contributed by atoms with van der Waals surface area (Å²) in [6.07, 6.45) is -3.87. The van der Waals surface area contributed by atoms with Gasteiger partial charge in [-0.25, -0.2) is 19.8 Å². The van der Waals surface area contributed by atoms with Crippen molar-refractivity contribution in [1.82, 2.24) is 10.4 Å². The maximum Gasteiger partial charge on any atom is 0.435 e. The molecule has 0 fully saturated rings. The Morgan fingerprint density at radius 1 is 1.00 bits per heavy atom. The van der Waals surface area contributed by atoms with Crippen LogP contribution in [0.25, 0.3) is 0 Å². The Balaban J connectivity index is 3.69. The topological polar surface area (TPSA) is 137 Å². The van der Waals surface area contributed by atoms with Gasteiger partial charge in [-0.1, -0.05) is 30.3 Å². The first-order valence-electron chi connectivity index (χ1n) is 10.4. The smallest absolute Gasteiger partial charge is 0.435 e. The number of hydrogen-bond acceptors (Lipinski definition) is 8. The van der Waals surface area contributed by atoms with Gasteiger partial charge in [-0.05, 0) is 61.0 Å². The lowest BCUT2D eigenvalue weighted by Gasteiger charge is -2.35. The molecule has 1 N–H and O–H groups in total. The fraction of sp³-hybridized carbons (Fsp3) is 0.591. The first kappa shape index (κ1) is 27.7. The Morgan fingerprint density at radius 3 is 1.94 bits per heavy atom. The number of carbonyl (C=O) groups excluding carboxylic acids is 3. The summed E-state index contributed by atoms with van der Waals surface area (Å²) in [5.41, 5.74) is -2.58. The SMILES string of the molecule is CC(C)OC(=O)C(Cc1ccccc1)(N(NC(=O)OC(C)(C)C)C(=O)OC(C)(C)C)[N+](=O)[O-]. The van der Waals surface area contributed by atoms with Gasteiger partial charge in [0.25, 0.3) is 0 Å². The average molecular weight is 468 g/mol. The first-order valence-corrected chi connectivity index (χ1v) is 10.4. The van der Waals surface area contributed by atoms with E-state index in [9.17, 15) is 24.5 Å². The molecule has 0 aliphatic rings. The summed E-state index contributed by atoms with van der Waals surface area (Å²) in [6.45, 7) is 12.3. The maximum absolute atomic E-state index is 13.2. The highest BCUT2D eigenvalue weighted by molar-refractivity contribution is 5.86. The van der Waals surface area contributed by atoms with Crippen LogP contribution in [0.4, 0.5) is 9.59 Å². The van der Waals surface area contributed by atoms with Crippen molar-refractivity contribution < 1.29 is 33.5 Å². The molecular formula is C22H33N3O8. The molecule has 33 heavy (non-hydrogen) atoms. The predicted molar refractivity (Wildman–Crippen MR) is 119 cm³/mol. The number of carbonyl (C=O) groups is 3. The molecule has 0 bridgehead atoms. The van der Waals surface area contributed by atoms with Gasteiger partial charge >= 0.3 is 23.8 Å². The van der Waals surface area contributed by atoms with Crippen LogP contribution in [0.2, 0.25) is 0 Å². The Kier molecular flexibility index (Phi) is 8.80. The molecule has 1 rings (SSSR count). The van der Waals surface area contributed by atoms with Crippen LogP contribution in [-0.4, -0.2) is 51.1 Å². The van der Waals surface area contributed by atoms with Crippen molar-refractivity contribution >= 4 is 18.2 Å². The molecule has 1 unspecified atom stereocenters. The number of esters is 1. The fourth-order valence-electron chi connectivity index (χ4n) is 2.64. The van der Waals surface area contributed by atoms with E-state index in [4.69, 9.17) is 14.2 Å². The summed E-state index contributed by atoms with van der Waals surface area (Å²) in [4.78, 5) is 50.4. The molecule has 0 aliphatic heterocycles. The number of nitrogens with one attached hydrogen (secondary N) is 1. The highest BCUT2D eigenvalue weighted by atomic mass is 16.7. The average Bonchev–Trinajstić information content (AvgIpc) is 2.61. The summed E-state index contributed by atoms with van der Waals surface area (Å²) in [7, 11) is 0. The molecule has 0 saturated carbocycles. The van der Waals surface area contributed by atoms with Crippen LogP contribution in [-0.2, 0) is 25.4 Å². The third kappa shape index (κ3) is 8.24. The van der Waals surface area contributed by atoms with Gasteiger partial charge in [0.2, 0.25) is 0 Å². The third-order valence-electron chi connectivity index (χ3n) is 3.81. The predicted octanol–water partition coefficient (Wildman–Crippen LogP) is 3.83. The molecular weight excluding hydrogens is 434 g/mol. The molecule has 0 radical (unpaired) electrons. The second kappa shape index (κ2) is 10.5. The highest BCUT2D eigenvalue weighted by Gasteiger charge is 2.62. The van der Waals surface area contributed by atoms with E-state index >= 15 is 0 Å².